The maximum atomic E-state index is 12.6. The van der Waals surface area contributed by atoms with Gasteiger partial charge in [-0.15, -0.1) is 0 Å². The Balaban J connectivity index is 1.47. The van der Waals surface area contributed by atoms with Crippen molar-refractivity contribution in [2.24, 2.45) is 0 Å². The molecule has 1 fully saturated rings. The van der Waals surface area contributed by atoms with Gasteiger partial charge in [0, 0.05) is 57.2 Å². The number of benzene rings is 2. The Labute approximate surface area is 174 Å². The lowest BCUT2D eigenvalue weighted by Gasteiger charge is -2.34. The molecule has 0 spiro atoms. The molecule has 1 aliphatic rings. The van der Waals surface area contributed by atoms with Gasteiger partial charge in [0.25, 0.3) is 0 Å². The number of piperazine rings is 1. The summed E-state index contributed by atoms with van der Waals surface area (Å²) in [5.74, 6) is 0.875. The second-order valence-electron chi connectivity index (χ2n) is 7.26. The van der Waals surface area contributed by atoms with Gasteiger partial charge in [0.1, 0.15) is 5.75 Å². The number of anilines is 2. The van der Waals surface area contributed by atoms with Crippen LogP contribution in [0.25, 0.3) is 0 Å². The molecule has 6 nitrogen and oxygen atoms in total. The molecular weight excluding hydrogens is 364 g/mol. The molecule has 3 rings (SSSR count). The van der Waals surface area contributed by atoms with Crippen LogP contribution in [-0.4, -0.2) is 62.2 Å². The number of carbonyl (C=O) groups is 1. The van der Waals surface area contributed by atoms with Crippen molar-refractivity contribution in [1.29, 1.82) is 0 Å². The Bertz CT molecular complexity index is 764. The van der Waals surface area contributed by atoms with Crippen molar-refractivity contribution < 1.29 is 9.53 Å². The fourth-order valence-corrected chi connectivity index (χ4v) is 3.65. The SMILES string of the molecule is CCN(CC)c1ccc(NC(=O)N2CCN(Cc3ccc(OC)cc3)CC2)cc1. The quantitative estimate of drug-likeness (QED) is 0.771. The van der Waals surface area contributed by atoms with Crippen LogP contribution in [0.5, 0.6) is 5.75 Å². The highest BCUT2D eigenvalue weighted by atomic mass is 16.5. The van der Waals surface area contributed by atoms with E-state index in [9.17, 15) is 4.79 Å². The molecule has 2 amide bonds. The van der Waals surface area contributed by atoms with E-state index in [0.29, 0.717) is 0 Å². The highest BCUT2D eigenvalue weighted by Crippen LogP contribution is 2.19. The van der Waals surface area contributed by atoms with Crippen molar-refractivity contribution in [2.75, 3.05) is 56.6 Å². The molecule has 0 aliphatic carbocycles. The fourth-order valence-electron chi connectivity index (χ4n) is 3.65. The summed E-state index contributed by atoms with van der Waals surface area (Å²) in [5, 5.41) is 3.03. The normalized spacial score (nSPS) is 14.5. The van der Waals surface area contributed by atoms with Gasteiger partial charge in [-0.1, -0.05) is 12.1 Å². The summed E-state index contributed by atoms with van der Waals surface area (Å²) in [4.78, 5) is 19.2. The van der Waals surface area contributed by atoms with Gasteiger partial charge in [-0.05, 0) is 55.8 Å². The lowest BCUT2D eigenvalue weighted by Crippen LogP contribution is -2.49. The number of rotatable bonds is 7. The fraction of sp³-hybridized carbons (Fsp3) is 0.435. The molecular formula is C23H32N4O2. The van der Waals surface area contributed by atoms with Crippen molar-refractivity contribution >= 4 is 17.4 Å². The van der Waals surface area contributed by atoms with Crippen LogP contribution in [0.2, 0.25) is 0 Å². The van der Waals surface area contributed by atoms with Crippen molar-refractivity contribution in [3.05, 3.63) is 54.1 Å². The third kappa shape index (κ3) is 5.64. The van der Waals surface area contributed by atoms with Crippen molar-refractivity contribution in [2.45, 2.75) is 20.4 Å². The van der Waals surface area contributed by atoms with E-state index in [0.717, 1.165) is 57.3 Å². The van der Waals surface area contributed by atoms with Gasteiger partial charge in [0.05, 0.1) is 7.11 Å². The second kappa shape index (κ2) is 10.2. The van der Waals surface area contributed by atoms with E-state index in [4.69, 9.17) is 4.74 Å². The number of methoxy groups -OCH3 is 1. The summed E-state index contributed by atoms with van der Waals surface area (Å²) in [6, 6.07) is 16.2. The van der Waals surface area contributed by atoms with E-state index in [1.165, 1.54) is 11.3 Å². The van der Waals surface area contributed by atoms with Gasteiger partial charge in [-0.3, -0.25) is 4.90 Å². The van der Waals surface area contributed by atoms with Gasteiger partial charge in [-0.25, -0.2) is 4.79 Å². The molecule has 0 radical (unpaired) electrons. The number of nitrogens with zero attached hydrogens (tertiary/aromatic N) is 3. The molecule has 2 aromatic carbocycles. The molecule has 0 aromatic heterocycles. The Morgan fingerprint density at radius 2 is 1.59 bits per heavy atom. The molecule has 0 bridgehead atoms. The highest BCUT2D eigenvalue weighted by Gasteiger charge is 2.21. The molecule has 1 N–H and O–H groups in total. The summed E-state index contributed by atoms with van der Waals surface area (Å²) >= 11 is 0. The average molecular weight is 397 g/mol. The Hall–Kier alpha value is -2.73. The zero-order chi connectivity index (χ0) is 20.6. The topological polar surface area (TPSA) is 48.1 Å². The lowest BCUT2D eigenvalue weighted by molar-refractivity contribution is 0.143. The predicted molar refractivity (Wildman–Crippen MR) is 119 cm³/mol. The van der Waals surface area contributed by atoms with Crippen molar-refractivity contribution in [1.82, 2.24) is 9.80 Å². The molecule has 2 aromatic rings. The van der Waals surface area contributed by atoms with E-state index in [-0.39, 0.29) is 6.03 Å². The first-order chi connectivity index (χ1) is 14.1. The van der Waals surface area contributed by atoms with E-state index in [2.05, 4.69) is 53.2 Å². The van der Waals surface area contributed by atoms with Gasteiger partial charge >= 0.3 is 6.03 Å². The number of amides is 2. The molecule has 156 valence electrons. The number of carbonyl (C=O) groups excluding carboxylic acids is 1. The highest BCUT2D eigenvalue weighted by molar-refractivity contribution is 5.89. The summed E-state index contributed by atoms with van der Waals surface area (Å²) in [6.45, 7) is 10.4. The summed E-state index contributed by atoms with van der Waals surface area (Å²) in [5.41, 5.74) is 3.28. The van der Waals surface area contributed by atoms with Crippen LogP contribution in [0.15, 0.2) is 48.5 Å². The largest absolute Gasteiger partial charge is 0.497 e. The molecule has 0 saturated carbocycles. The van der Waals surface area contributed by atoms with E-state index >= 15 is 0 Å². The Kier molecular flexibility index (Phi) is 7.36. The van der Waals surface area contributed by atoms with Crippen LogP contribution in [-0.2, 0) is 6.54 Å². The first-order valence-electron chi connectivity index (χ1n) is 10.4. The Morgan fingerprint density at radius 1 is 0.966 bits per heavy atom. The number of ether oxygens (including phenoxy) is 1. The number of hydrogen-bond acceptors (Lipinski definition) is 4. The molecule has 0 atom stereocenters. The predicted octanol–water partition coefficient (Wildman–Crippen LogP) is 3.89. The minimum atomic E-state index is -0.0234. The Morgan fingerprint density at radius 3 is 2.14 bits per heavy atom. The van der Waals surface area contributed by atoms with Crippen LogP contribution in [0.4, 0.5) is 16.2 Å². The molecule has 29 heavy (non-hydrogen) atoms. The minimum Gasteiger partial charge on any atom is -0.497 e. The van der Waals surface area contributed by atoms with Crippen molar-refractivity contribution in [3.8, 4) is 5.75 Å². The second-order valence-corrected chi connectivity index (χ2v) is 7.26. The van der Waals surface area contributed by atoms with E-state index in [1.54, 1.807) is 7.11 Å². The molecule has 6 heteroatoms. The monoisotopic (exact) mass is 396 g/mol. The number of nitrogens with one attached hydrogen (secondary N) is 1. The third-order valence-electron chi connectivity index (χ3n) is 5.47. The molecule has 0 unspecified atom stereocenters. The summed E-state index contributed by atoms with van der Waals surface area (Å²) in [6.07, 6.45) is 0. The lowest BCUT2D eigenvalue weighted by atomic mass is 10.2. The third-order valence-corrected chi connectivity index (χ3v) is 5.47. The van der Waals surface area contributed by atoms with Crippen LogP contribution in [0, 0.1) is 0 Å². The van der Waals surface area contributed by atoms with Gasteiger partial charge < -0.3 is 19.9 Å². The average Bonchev–Trinajstić information content (AvgIpc) is 2.77. The standard InChI is InChI=1S/C23H32N4O2/c1-4-26(5-2)21-10-8-20(9-11-21)24-23(28)27-16-14-25(15-17-27)18-19-6-12-22(29-3)13-7-19/h6-13H,4-5,14-18H2,1-3H3,(H,24,28). The summed E-state index contributed by atoms with van der Waals surface area (Å²) in [7, 11) is 1.68. The van der Waals surface area contributed by atoms with Gasteiger partial charge in [0.2, 0.25) is 0 Å². The zero-order valence-electron chi connectivity index (χ0n) is 17.7. The number of urea groups is 1. The molecule has 1 heterocycles. The minimum absolute atomic E-state index is 0.0234. The maximum absolute atomic E-state index is 12.6. The first-order valence-corrected chi connectivity index (χ1v) is 10.4. The van der Waals surface area contributed by atoms with Crippen LogP contribution >= 0.6 is 0 Å². The molecule has 1 aliphatic heterocycles. The van der Waals surface area contributed by atoms with Crippen LogP contribution in [0.3, 0.4) is 0 Å². The van der Waals surface area contributed by atoms with Crippen LogP contribution < -0.4 is 15.0 Å². The number of hydrogen-bond donors (Lipinski definition) is 1. The van der Waals surface area contributed by atoms with Crippen molar-refractivity contribution in [3.63, 3.8) is 0 Å². The van der Waals surface area contributed by atoms with E-state index in [1.807, 2.05) is 29.2 Å². The smallest absolute Gasteiger partial charge is 0.321 e. The zero-order valence-corrected chi connectivity index (χ0v) is 17.7. The first kappa shape index (κ1) is 21.0. The molecule has 1 saturated heterocycles. The summed E-state index contributed by atoms with van der Waals surface area (Å²) < 4.78 is 5.21. The van der Waals surface area contributed by atoms with Gasteiger partial charge in [0.15, 0.2) is 0 Å². The maximum Gasteiger partial charge on any atom is 0.321 e. The van der Waals surface area contributed by atoms with Gasteiger partial charge in [-0.2, -0.15) is 0 Å². The van der Waals surface area contributed by atoms with Crippen LogP contribution in [0.1, 0.15) is 19.4 Å². The van der Waals surface area contributed by atoms with E-state index < -0.39 is 0 Å².